The quantitative estimate of drug-likeness (QED) is 0.651. The first kappa shape index (κ1) is 19.5. The molecule has 2 amide bonds. The van der Waals surface area contributed by atoms with Gasteiger partial charge >= 0.3 is 0 Å². The predicted octanol–water partition coefficient (Wildman–Crippen LogP) is 0.303. The third kappa shape index (κ3) is 4.61. The van der Waals surface area contributed by atoms with Crippen LogP contribution in [0.1, 0.15) is 19.8 Å². The van der Waals surface area contributed by atoms with E-state index in [-0.39, 0.29) is 17.7 Å². The zero-order valence-electron chi connectivity index (χ0n) is 16.6. The molecule has 3 fully saturated rings. The number of fused-ring (bicyclic) bond motifs is 3. The van der Waals surface area contributed by atoms with Crippen molar-refractivity contribution < 1.29 is 9.59 Å². The summed E-state index contributed by atoms with van der Waals surface area (Å²) in [7, 11) is 0. The van der Waals surface area contributed by atoms with Crippen LogP contribution in [0.5, 0.6) is 0 Å². The van der Waals surface area contributed by atoms with Gasteiger partial charge in [-0.05, 0) is 37.4 Å². The number of rotatable bonds is 7. The number of piperidine rings is 3. The molecule has 3 saturated heterocycles. The van der Waals surface area contributed by atoms with Gasteiger partial charge in [-0.2, -0.15) is 0 Å². The topological polar surface area (TPSA) is 105 Å². The van der Waals surface area contributed by atoms with Crippen molar-refractivity contribution in [2.45, 2.75) is 32.4 Å². The number of hydrogen-bond acceptors (Lipinski definition) is 6. The average molecular weight is 397 g/mol. The van der Waals surface area contributed by atoms with Gasteiger partial charge in [-0.3, -0.25) is 24.2 Å². The van der Waals surface area contributed by atoms with Gasteiger partial charge < -0.3 is 10.6 Å². The summed E-state index contributed by atoms with van der Waals surface area (Å²) in [5.41, 5.74) is 1.60. The van der Waals surface area contributed by atoms with Gasteiger partial charge in [0, 0.05) is 38.8 Å². The number of nitrogens with zero attached hydrogens (tertiary/aromatic N) is 5. The molecule has 154 valence electrons. The first-order valence-electron chi connectivity index (χ1n) is 10.2. The Kier molecular flexibility index (Phi) is 5.84. The van der Waals surface area contributed by atoms with E-state index in [4.69, 9.17) is 0 Å². The molecule has 29 heavy (non-hydrogen) atoms. The minimum absolute atomic E-state index is 0.0251. The van der Waals surface area contributed by atoms with Crippen molar-refractivity contribution in [3.05, 3.63) is 30.6 Å². The number of aromatic nitrogens is 4. The van der Waals surface area contributed by atoms with Gasteiger partial charge in [0.05, 0.1) is 24.4 Å². The largest absolute Gasteiger partial charge is 0.355 e. The van der Waals surface area contributed by atoms with E-state index in [1.807, 2.05) is 29.1 Å². The summed E-state index contributed by atoms with van der Waals surface area (Å²) < 4.78 is 1.89. The Labute approximate surface area is 169 Å². The molecule has 2 N–H and O–H groups in total. The van der Waals surface area contributed by atoms with Crippen molar-refractivity contribution in [3.63, 3.8) is 0 Å². The fraction of sp³-hybridized carbons (Fsp3) is 0.550. The van der Waals surface area contributed by atoms with Crippen molar-refractivity contribution in [2.75, 3.05) is 26.2 Å². The maximum Gasteiger partial charge on any atom is 0.224 e. The molecule has 4 atom stereocenters. The van der Waals surface area contributed by atoms with Crippen LogP contribution in [-0.2, 0) is 16.1 Å². The van der Waals surface area contributed by atoms with Gasteiger partial charge in [-0.15, -0.1) is 5.10 Å². The van der Waals surface area contributed by atoms with Crippen LogP contribution in [0.3, 0.4) is 0 Å². The molecule has 2 bridgehead atoms. The van der Waals surface area contributed by atoms with Gasteiger partial charge in [0.15, 0.2) is 0 Å². The molecule has 9 heteroatoms. The van der Waals surface area contributed by atoms with E-state index in [9.17, 15) is 9.59 Å². The Morgan fingerprint density at radius 3 is 2.79 bits per heavy atom. The van der Waals surface area contributed by atoms with E-state index in [1.54, 1.807) is 6.20 Å². The molecule has 5 rings (SSSR count). The van der Waals surface area contributed by atoms with Crippen LogP contribution in [0.15, 0.2) is 30.6 Å². The lowest BCUT2D eigenvalue weighted by Gasteiger charge is -2.49. The fourth-order valence-corrected chi connectivity index (χ4v) is 4.42. The van der Waals surface area contributed by atoms with Gasteiger partial charge in [0.25, 0.3) is 0 Å². The van der Waals surface area contributed by atoms with E-state index in [0.29, 0.717) is 25.0 Å². The number of pyridine rings is 1. The molecule has 3 aliphatic rings. The Bertz CT molecular complexity index is 854. The molecule has 2 aromatic rings. The van der Waals surface area contributed by atoms with Crippen LogP contribution in [0.4, 0.5) is 0 Å². The molecule has 0 saturated carbocycles. The van der Waals surface area contributed by atoms with Crippen molar-refractivity contribution in [3.8, 4) is 11.4 Å². The minimum Gasteiger partial charge on any atom is -0.355 e. The van der Waals surface area contributed by atoms with Crippen LogP contribution in [0.25, 0.3) is 11.4 Å². The summed E-state index contributed by atoms with van der Waals surface area (Å²) in [6, 6.07) is 6.12. The summed E-state index contributed by atoms with van der Waals surface area (Å²) in [6.45, 7) is 4.99. The second-order valence-electron chi connectivity index (χ2n) is 7.85. The van der Waals surface area contributed by atoms with E-state index in [0.717, 1.165) is 43.9 Å². The van der Waals surface area contributed by atoms with Crippen molar-refractivity contribution in [2.24, 2.45) is 11.8 Å². The van der Waals surface area contributed by atoms with E-state index >= 15 is 0 Å². The number of nitrogens with one attached hydrogen (secondary N) is 2. The molecule has 3 aliphatic heterocycles. The Morgan fingerprint density at radius 2 is 2.07 bits per heavy atom. The molecular weight excluding hydrogens is 370 g/mol. The number of hydrogen-bond donors (Lipinski definition) is 2. The highest BCUT2D eigenvalue weighted by Gasteiger charge is 2.43. The summed E-state index contributed by atoms with van der Waals surface area (Å²) in [6.07, 6.45) is 5.73. The highest BCUT2D eigenvalue weighted by Crippen LogP contribution is 2.37. The fourth-order valence-electron chi connectivity index (χ4n) is 4.42. The van der Waals surface area contributed by atoms with Gasteiger partial charge in [0.2, 0.25) is 11.8 Å². The molecule has 9 nitrogen and oxygen atoms in total. The normalized spacial score (nSPS) is 25.6. The molecule has 0 aromatic carbocycles. The van der Waals surface area contributed by atoms with Crippen molar-refractivity contribution >= 4 is 11.8 Å². The predicted molar refractivity (Wildman–Crippen MR) is 107 cm³/mol. The van der Waals surface area contributed by atoms with E-state index in [2.05, 4.69) is 30.8 Å². The van der Waals surface area contributed by atoms with Gasteiger partial charge in [-0.1, -0.05) is 11.3 Å². The maximum absolute atomic E-state index is 12.6. The first-order chi connectivity index (χ1) is 14.1. The lowest BCUT2D eigenvalue weighted by Crippen LogP contribution is -2.58. The molecule has 0 spiro atoms. The van der Waals surface area contributed by atoms with Crippen LogP contribution in [-0.4, -0.2) is 68.9 Å². The van der Waals surface area contributed by atoms with Gasteiger partial charge in [0.1, 0.15) is 5.69 Å². The Morgan fingerprint density at radius 1 is 1.21 bits per heavy atom. The molecule has 5 heterocycles. The second kappa shape index (κ2) is 8.69. The highest BCUT2D eigenvalue weighted by molar-refractivity contribution is 5.79. The van der Waals surface area contributed by atoms with Crippen LogP contribution in [0, 0.1) is 11.8 Å². The summed E-state index contributed by atoms with van der Waals surface area (Å²) >= 11 is 0. The Hall–Kier alpha value is -2.81. The minimum atomic E-state index is -0.0794. The second-order valence-corrected chi connectivity index (χ2v) is 7.85. The molecular formula is C20H27N7O2. The smallest absolute Gasteiger partial charge is 0.224 e. The summed E-state index contributed by atoms with van der Waals surface area (Å²) in [5.74, 6) is 0.438. The molecule has 0 aliphatic carbocycles. The van der Waals surface area contributed by atoms with Crippen molar-refractivity contribution in [1.82, 2.24) is 35.5 Å². The third-order valence-corrected chi connectivity index (χ3v) is 5.88. The monoisotopic (exact) mass is 397 g/mol. The van der Waals surface area contributed by atoms with Crippen LogP contribution in [0.2, 0.25) is 0 Å². The van der Waals surface area contributed by atoms with Crippen LogP contribution < -0.4 is 10.6 Å². The molecule has 2 aromatic heterocycles. The average Bonchev–Trinajstić information content (AvgIpc) is 3.20. The first-order valence-corrected chi connectivity index (χ1v) is 10.2. The standard InChI is InChI=1S/C20H27N7O2/c1-14(28)21-7-8-23-20(29)17-12-26-9-5-15(17)10-16(26)11-27-13-19(24-25-27)18-4-2-3-6-22-18/h2-4,6,13,15-17H,5,7-12H2,1H3,(H,21,28)(H,23,29)/t15-,16+,17+/m0/s1. The maximum atomic E-state index is 12.6. The zero-order valence-corrected chi connectivity index (χ0v) is 16.6. The Balaban J connectivity index is 1.31. The zero-order chi connectivity index (χ0) is 20.2. The third-order valence-electron chi connectivity index (χ3n) is 5.88. The lowest BCUT2D eigenvalue weighted by atomic mass is 9.75. The highest BCUT2D eigenvalue weighted by atomic mass is 16.2. The van der Waals surface area contributed by atoms with Crippen LogP contribution >= 0.6 is 0 Å². The summed E-state index contributed by atoms with van der Waals surface area (Å²) in [4.78, 5) is 30.2. The number of carbonyl (C=O) groups is 2. The lowest BCUT2D eigenvalue weighted by molar-refractivity contribution is -0.133. The molecule has 1 unspecified atom stereocenters. The number of amides is 2. The van der Waals surface area contributed by atoms with Gasteiger partial charge in [-0.25, -0.2) is 0 Å². The SMILES string of the molecule is CC(=O)NCCNC(=O)[C@@H]1CN2CC[C@H]1C[C@@H]2Cn1cc(-c2ccccn2)nn1. The number of carbonyl (C=O) groups excluding carboxylic acids is 2. The van der Waals surface area contributed by atoms with E-state index in [1.165, 1.54) is 6.92 Å². The molecule has 0 radical (unpaired) electrons. The van der Waals surface area contributed by atoms with Crippen molar-refractivity contribution in [1.29, 1.82) is 0 Å². The van der Waals surface area contributed by atoms with E-state index < -0.39 is 0 Å². The summed E-state index contributed by atoms with van der Waals surface area (Å²) in [5, 5.41) is 14.2.